The maximum absolute atomic E-state index is 12.1. The van der Waals surface area contributed by atoms with Gasteiger partial charge in [-0.15, -0.1) is 0 Å². The molecule has 0 N–H and O–H groups in total. The molecule has 0 bridgehead atoms. The van der Waals surface area contributed by atoms with Gasteiger partial charge in [0.1, 0.15) is 5.75 Å². The number of ketones is 1. The molecule has 0 amide bonds. The Morgan fingerprint density at radius 2 is 1.83 bits per heavy atom. The number of carbonyl (C=O) groups is 1. The lowest BCUT2D eigenvalue weighted by Gasteiger charge is -1.97. The number of fused-ring (bicyclic) bond motifs is 1. The van der Waals surface area contributed by atoms with E-state index in [2.05, 4.69) is 4.99 Å². The molecule has 0 aromatic heterocycles. The molecule has 0 radical (unpaired) electrons. The Hall–Kier alpha value is -2.42. The Labute approximate surface area is 105 Å². The van der Waals surface area contributed by atoms with Crippen LogP contribution in [0.4, 0.5) is 5.69 Å². The number of aliphatic imine (C=N–C) groups is 1. The minimum atomic E-state index is -0.155. The number of Topliss-reactive ketones (excluding diaryl/α,β-unsaturated/α-hetero) is 1. The average Bonchev–Trinajstić information content (AvgIpc) is 2.68. The molecule has 0 aliphatic carbocycles. The highest BCUT2D eigenvalue weighted by atomic mass is 16.5. The topological polar surface area (TPSA) is 38.7 Å². The maximum atomic E-state index is 12.1. The van der Waals surface area contributed by atoms with Gasteiger partial charge >= 0.3 is 0 Å². The van der Waals surface area contributed by atoms with Gasteiger partial charge < -0.3 is 4.74 Å². The van der Waals surface area contributed by atoms with Gasteiger partial charge in [-0.05, 0) is 31.2 Å². The molecule has 0 saturated carbocycles. The van der Waals surface area contributed by atoms with E-state index in [1.54, 1.807) is 6.07 Å². The van der Waals surface area contributed by atoms with Crippen molar-refractivity contribution in [2.75, 3.05) is 0 Å². The highest BCUT2D eigenvalue weighted by Gasteiger charge is 2.28. The fourth-order valence-corrected chi connectivity index (χ4v) is 1.87. The average molecular weight is 237 g/mol. The highest BCUT2D eigenvalue weighted by Crippen LogP contribution is 2.28. The zero-order valence-corrected chi connectivity index (χ0v) is 9.88. The Morgan fingerprint density at radius 1 is 1.06 bits per heavy atom. The Balaban J connectivity index is 2.00. The van der Waals surface area contributed by atoms with Crippen LogP contribution in [0.3, 0.4) is 0 Å². The summed E-state index contributed by atoms with van der Waals surface area (Å²) in [7, 11) is 0. The predicted molar refractivity (Wildman–Crippen MR) is 69.7 cm³/mol. The molecule has 2 aromatic rings. The van der Waals surface area contributed by atoms with E-state index in [4.69, 9.17) is 4.74 Å². The number of benzene rings is 2. The molecule has 3 heteroatoms. The molecule has 0 saturated heterocycles. The van der Waals surface area contributed by atoms with Gasteiger partial charge in [-0.2, -0.15) is 0 Å². The predicted octanol–water partition coefficient (Wildman–Crippen LogP) is 3.30. The molecular formula is C15H11NO2. The summed E-state index contributed by atoms with van der Waals surface area (Å²) in [5.41, 5.74) is 2.33. The van der Waals surface area contributed by atoms with Crippen molar-refractivity contribution in [2.24, 2.45) is 4.99 Å². The molecule has 0 spiro atoms. The Bertz CT molecular complexity index is 645. The monoisotopic (exact) mass is 237 g/mol. The Kier molecular flexibility index (Phi) is 2.45. The number of ether oxygens (including phenoxy) is 1. The number of aryl methyl sites for hydroxylation is 1. The van der Waals surface area contributed by atoms with Crippen molar-refractivity contribution in [2.45, 2.75) is 6.92 Å². The van der Waals surface area contributed by atoms with Crippen LogP contribution in [0.5, 0.6) is 5.75 Å². The zero-order chi connectivity index (χ0) is 12.5. The van der Waals surface area contributed by atoms with Crippen molar-refractivity contribution >= 4 is 17.4 Å². The van der Waals surface area contributed by atoms with E-state index in [-0.39, 0.29) is 11.7 Å². The summed E-state index contributed by atoms with van der Waals surface area (Å²) in [6, 6.07) is 14.8. The van der Waals surface area contributed by atoms with Crippen LogP contribution < -0.4 is 4.74 Å². The van der Waals surface area contributed by atoms with Crippen molar-refractivity contribution in [1.82, 2.24) is 0 Å². The van der Waals surface area contributed by atoms with Crippen molar-refractivity contribution < 1.29 is 9.53 Å². The van der Waals surface area contributed by atoms with Crippen molar-refractivity contribution in [1.29, 1.82) is 0 Å². The van der Waals surface area contributed by atoms with E-state index < -0.39 is 0 Å². The van der Waals surface area contributed by atoms with Crippen LogP contribution in [0.1, 0.15) is 15.9 Å². The zero-order valence-electron chi connectivity index (χ0n) is 9.88. The number of hydrogen-bond acceptors (Lipinski definition) is 3. The molecule has 1 aliphatic rings. The summed E-state index contributed by atoms with van der Waals surface area (Å²) in [6.07, 6.45) is 0. The summed E-state index contributed by atoms with van der Waals surface area (Å²) in [5, 5.41) is 0. The second kappa shape index (κ2) is 4.11. The minimum Gasteiger partial charge on any atom is -0.435 e. The molecule has 1 heterocycles. The number of para-hydroxylation sites is 1. The van der Waals surface area contributed by atoms with Crippen molar-refractivity contribution in [3.05, 3.63) is 59.7 Å². The first-order valence-corrected chi connectivity index (χ1v) is 5.71. The lowest BCUT2D eigenvalue weighted by Crippen LogP contribution is -2.11. The third kappa shape index (κ3) is 1.80. The molecule has 3 nitrogen and oxygen atoms in total. The van der Waals surface area contributed by atoms with Crippen LogP contribution in [0.2, 0.25) is 0 Å². The fraction of sp³-hybridized carbons (Fsp3) is 0.0667. The summed E-state index contributed by atoms with van der Waals surface area (Å²) in [5.74, 6) is 0.569. The maximum Gasteiger partial charge on any atom is 0.269 e. The van der Waals surface area contributed by atoms with Crippen LogP contribution in [0.25, 0.3) is 0 Å². The van der Waals surface area contributed by atoms with Gasteiger partial charge in [-0.1, -0.05) is 29.8 Å². The van der Waals surface area contributed by atoms with Gasteiger partial charge in [0, 0.05) is 0 Å². The summed E-state index contributed by atoms with van der Waals surface area (Å²) >= 11 is 0. The van der Waals surface area contributed by atoms with Gasteiger partial charge in [0.05, 0.1) is 11.3 Å². The van der Waals surface area contributed by atoms with Gasteiger partial charge in [0.25, 0.3) is 11.7 Å². The highest BCUT2D eigenvalue weighted by molar-refractivity contribution is 6.46. The van der Waals surface area contributed by atoms with E-state index in [0.29, 0.717) is 17.0 Å². The lowest BCUT2D eigenvalue weighted by molar-refractivity contribution is 0.106. The van der Waals surface area contributed by atoms with Gasteiger partial charge in [-0.3, -0.25) is 4.79 Å². The smallest absolute Gasteiger partial charge is 0.269 e. The molecule has 2 aromatic carbocycles. The SMILES string of the molecule is Cc1ccc2c(c1)C(=O)C(=Nc1ccccc1)O2. The number of nitrogens with zero attached hydrogens (tertiary/aromatic N) is 1. The molecule has 0 unspecified atom stereocenters. The van der Waals surface area contributed by atoms with Crippen LogP contribution in [-0.4, -0.2) is 11.7 Å². The number of hydrogen-bond donors (Lipinski definition) is 0. The summed E-state index contributed by atoms with van der Waals surface area (Å²) < 4.78 is 5.48. The van der Waals surface area contributed by atoms with Crippen LogP contribution in [-0.2, 0) is 0 Å². The van der Waals surface area contributed by atoms with Crippen LogP contribution in [0.15, 0.2) is 53.5 Å². The Morgan fingerprint density at radius 3 is 2.61 bits per heavy atom. The van der Waals surface area contributed by atoms with E-state index >= 15 is 0 Å². The van der Waals surface area contributed by atoms with E-state index in [1.807, 2.05) is 49.4 Å². The van der Waals surface area contributed by atoms with E-state index in [0.717, 1.165) is 5.56 Å². The van der Waals surface area contributed by atoms with Crippen LogP contribution in [0, 0.1) is 6.92 Å². The lowest BCUT2D eigenvalue weighted by atomic mass is 10.1. The van der Waals surface area contributed by atoms with Crippen molar-refractivity contribution in [3.63, 3.8) is 0 Å². The number of rotatable bonds is 1. The summed E-state index contributed by atoms with van der Waals surface area (Å²) in [4.78, 5) is 16.3. The third-order valence-corrected chi connectivity index (χ3v) is 2.77. The van der Waals surface area contributed by atoms with Crippen molar-refractivity contribution in [3.8, 4) is 5.75 Å². The number of carbonyl (C=O) groups excluding carboxylic acids is 1. The third-order valence-electron chi connectivity index (χ3n) is 2.77. The van der Waals surface area contributed by atoms with E-state index in [1.165, 1.54) is 0 Å². The largest absolute Gasteiger partial charge is 0.435 e. The van der Waals surface area contributed by atoms with Gasteiger partial charge in [0.2, 0.25) is 0 Å². The first-order valence-electron chi connectivity index (χ1n) is 5.71. The standard InChI is InChI=1S/C15H11NO2/c1-10-7-8-13-12(9-10)14(17)15(18-13)16-11-5-3-2-4-6-11/h2-9H,1H3. The van der Waals surface area contributed by atoms with Gasteiger partial charge in [0.15, 0.2) is 0 Å². The van der Waals surface area contributed by atoms with Crippen LogP contribution >= 0.6 is 0 Å². The fourth-order valence-electron chi connectivity index (χ4n) is 1.87. The second-order valence-electron chi connectivity index (χ2n) is 4.18. The van der Waals surface area contributed by atoms with E-state index in [9.17, 15) is 4.79 Å². The molecule has 0 fully saturated rings. The quantitative estimate of drug-likeness (QED) is 0.763. The molecule has 18 heavy (non-hydrogen) atoms. The molecule has 1 aliphatic heterocycles. The van der Waals surface area contributed by atoms with Gasteiger partial charge in [-0.25, -0.2) is 4.99 Å². The first-order chi connectivity index (χ1) is 8.74. The molecule has 3 rings (SSSR count). The molecule has 0 atom stereocenters. The minimum absolute atomic E-state index is 0.141. The normalized spacial score (nSPS) is 15.6. The molecule has 88 valence electrons. The first kappa shape index (κ1) is 10.7. The molecular weight excluding hydrogens is 226 g/mol. The second-order valence-corrected chi connectivity index (χ2v) is 4.18. The summed E-state index contributed by atoms with van der Waals surface area (Å²) in [6.45, 7) is 1.94.